The number of halogens is 1. The van der Waals surface area contributed by atoms with Gasteiger partial charge in [-0.2, -0.15) is 4.36 Å². The van der Waals surface area contributed by atoms with E-state index in [4.69, 9.17) is 0 Å². The summed E-state index contributed by atoms with van der Waals surface area (Å²) in [5.74, 6) is -3.43. The van der Waals surface area contributed by atoms with E-state index in [0.717, 1.165) is 11.0 Å². The van der Waals surface area contributed by atoms with Crippen LogP contribution in [0.5, 0.6) is 0 Å². The van der Waals surface area contributed by atoms with E-state index in [1.54, 1.807) is 42.5 Å². The zero-order chi connectivity index (χ0) is 21.5. The van der Waals surface area contributed by atoms with Crippen LogP contribution in [0.2, 0.25) is 0 Å². The summed E-state index contributed by atoms with van der Waals surface area (Å²) in [7, 11) is -3.17. The van der Waals surface area contributed by atoms with Gasteiger partial charge in [0.1, 0.15) is 11.4 Å². The smallest absolute Gasteiger partial charge is 0.268 e. The van der Waals surface area contributed by atoms with Crippen molar-refractivity contribution < 1.29 is 23.0 Å². The number of amides is 3. The van der Waals surface area contributed by atoms with E-state index in [-0.39, 0.29) is 16.8 Å². The average molecular weight is 422 g/mol. The van der Waals surface area contributed by atoms with Gasteiger partial charge in [-0.05, 0) is 36.4 Å². The molecule has 1 heterocycles. The predicted octanol–water partition coefficient (Wildman–Crippen LogP) is 3.92. The maximum atomic E-state index is 14.7. The Morgan fingerprint density at radius 2 is 1.43 bits per heavy atom. The fourth-order valence-electron chi connectivity index (χ4n) is 3.25. The highest BCUT2D eigenvalue weighted by Crippen LogP contribution is 2.32. The number of rotatable bonds is 3. The molecular weight excluding hydrogens is 407 g/mol. The molecule has 6 nitrogen and oxygen atoms in total. The monoisotopic (exact) mass is 422 g/mol. The van der Waals surface area contributed by atoms with E-state index in [9.17, 15) is 23.0 Å². The van der Waals surface area contributed by atoms with Crippen LogP contribution in [-0.4, -0.2) is 28.2 Å². The van der Waals surface area contributed by atoms with Gasteiger partial charge in [0.25, 0.3) is 17.7 Å². The van der Waals surface area contributed by atoms with Crippen molar-refractivity contribution in [3.8, 4) is 0 Å². The minimum Gasteiger partial charge on any atom is -0.268 e. The van der Waals surface area contributed by atoms with Crippen molar-refractivity contribution in [2.45, 2.75) is 4.90 Å². The van der Waals surface area contributed by atoms with E-state index < -0.39 is 38.8 Å². The molecule has 0 spiro atoms. The molecule has 30 heavy (non-hydrogen) atoms. The maximum Gasteiger partial charge on any atom is 0.290 e. The van der Waals surface area contributed by atoms with E-state index in [2.05, 4.69) is 4.36 Å². The highest BCUT2D eigenvalue weighted by Gasteiger charge is 2.38. The third kappa shape index (κ3) is 3.21. The number of nitrogens with zero attached hydrogens (tertiary/aromatic N) is 2. The molecule has 1 aliphatic heterocycles. The molecule has 0 aromatic heterocycles. The number of fused-ring (bicyclic) bond motifs is 1. The Balaban J connectivity index is 1.84. The van der Waals surface area contributed by atoms with Gasteiger partial charge in [0.2, 0.25) is 0 Å². The van der Waals surface area contributed by atoms with Crippen molar-refractivity contribution in [1.82, 2.24) is 0 Å². The van der Waals surface area contributed by atoms with Gasteiger partial charge in [-0.1, -0.05) is 36.4 Å². The first-order chi connectivity index (χ1) is 14.3. The van der Waals surface area contributed by atoms with Crippen molar-refractivity contribution in [1.29, 1.82) is 0 Å². The Morgan fingerprint density at radius 1 is 0.867 bits per heavy atom. The first-order valence-electron chi connectivity index (χ1n) is 8.89. The molecule has 1 atom stereocenters. The van der Waals surface area contributed by atoms with Gasteiger partial charge < -0.3 is 0 Å². The molecule has 0 radical (unpaired) electrons. The minimum absolute atomic E-state index is 0.158. The summed E-state index contributed by atoms with van der Waals surface area (Å²) in [6, 6.07) is 17.9. The highest BCUT2D eigenvalue weighted by molar-refractivity contribution is 7.93. The molecule has 150 valence electrons. The zero-order valence-electron chi connectivity index (χ0n) is 15.7. The quantitative estimate of drug-likeness (QED) is 0.599. The summed E-state index contributed by atoms with van der Waals surface area (Å²) in [6.45, 7) is 0. The van der Waals surface area contributed by atoms with E-state index >= 15 is 0 Å². The van der Waals surface area contributed by atoms with Gasteiger partial charge in [0, 0.05) is 11.2 Å². The van der Waals surface area contributed by atoms with Gasteiger partial charge in [-0.3, -0.25) is 14.4 Å². The van der Waals surface area contributed by atoms with Crippen molar-refractivity contribution >= 4 is 33.1 Å². The van der Waals surface area contributed by atoms with E-state index in [0.29, 0.717) is 4.90 Å². The Bertz CT molecular complexity index is 1290. The number of hydrogen-bond acceptors (Lipinski definition) is 4. The summed E-state index contributed by atoms with van der Waals surface area (Å²) in [5.41, 5.74) is -0.507. The average Bonchev–Trinajstić information content (AvgIpc) is 2.98. The molecule has 1 aliphatic rings. The number of anilines is 1. The van der Waals surface area contributed by atoms with Crippen LogP contribution in [0.4, 0.5) is 10.1 Å². The van der Waals surface area contributed by atoms with Crippen molar-refractivity contribution in [2.24, 2.45) is 4.36 Å². The molecule has 8 heteroatoms. The Hall–Kier alpha value is -3.65. The second-order valence-corrected chi connectivity index (χ2v) is 8.90. The van der Waals surface area contributed by atoms with Crippen LogP contribution >= 0.6 is 0 Å². The van der Waals surface area contributed by atoms with Crippen LogP contribution in [0, 0.1) is 5.82 Å². The number of benzene rings is 3. The zero-order valence-corrected chi connectivity index (χ0v) is 16.6. The molecule has 4 rings (SSSR count). The molecular formula is C22H15FN2O4S. The predicted molar refractivity (Wildman–Crippen MR) is 110 cm³/mol. The Kier molecular flexibility index (Phi) is 4.79. The molecule has 3 amide bonds. The molecule has 1 unspecified atom stereocenters. The fourth-order valence-corrected chi connectivity index (χ4v) is 4.42. The lowest BCUT2D eigenvalue weighted by Crippen LogP contribution is -2.31. The summed E-state index contributed by atoms with van der Waals surface area (Å²) in [6.07, 6.45) is 1.27. The lowest BCUT2D eigenvalue weighted by Gasteiger charge is -2.17. The van der Waals surface area contributed by atoms with Crippen molar-refractivity contribution in [3.63, 3.8) is 0 Å². The normalized spacial score (nSPS) is 14.9. The maximum absolute atomic E-state index is 14.7. The fraction of sp³-hybridized carbons (Fsp3) is 0.0455. The molecule has 3 aromatic rings. The molecule has 0 saturated heterocycles. The van der Waals surface area contributed by atoms with Gasteiger partial charge >= 0.3 is 0 Å². The molecule has 3 aromatic carbocycles. The lowest BCUT2D eigenvalue weighted by molar-refractivity contribution is 0.0926. The molecule has 0 saturated carbocycles. The topological polar surface area (TPSA) is 83.9 Å². The molecule has 0 aliphatic carbocycles. The van der Waals surface area contributed by atoms with Gasteiger partial charge in [-0.25, -0.2) is 13.5 Å². The largest absolute Gasteiger partial charge is 0.290 e. The summed E-state index contributed by atoms with van der Waals surface area (Å²) < 4.78 is 31.4. The lowest BCUT2D eigenvalue weighted by atomic mass is 10.1. The summed E-state index contributed by atoms with van der Waals surface area (Å²) in [4.78, 5) is 39.5. The van der Waals surface area contributed by atoms with Crippen LogP contribution in [-0.2, 0) is 9.73 Å². The number of imide groups is 1. The number of carbonyl (C=O) groups is 3. The van der Waals surface area contributed by atoms with Crippen molar-refractivity contribution in [3.05, 3.63) is 95.3 Å². The molecule has 0 N–H and O–H groups in total. The van der Waals surface area contributed by atoms with Gasteiger partial charge in [-0.15, -0.1) is 0 Å². The van der Waals surface area contributed by atoms with Crippen LogP contribution in [0.1, 0.15) is 31.1 Å². The summed E-state index contributed by atoms with van der Waals surface area (Å²) >= 11 is 0. The van der Waals surface area contributed by atoms with Crippen LogP contribution in [0.25, 0.3) is 0 Å². The molecule has 0 bridgehead atoms. The third-order valence-corrected chi connectivity index (χ3v) is 6.34. The van der Waals surface area contributed by atoms with Gasteiger partial charge in [0.15, 0.2) is 0 Å². The van der Waals surface area contributed by atoms with Crippen LogP contribution in [0.3, 0.4) is 0 Å². The third-order valence-electron chi connectivity index (χ3n) is 4.68. The second kappa shape index (κ2) is 7.31. The first-order valence-corrected chi connectivity index (χ1v) is 10.8. The minimum atomic E-state index is -3.17. The first kappa shape index (κ1) is 19.7. The molecule has 0 fully saturated rings. The summed E-state index contributed by atoms with van der Waals surface area (Å²) in [5, 5.41) is 0. The van der Waals surface area contributed by atoms with E-state index in [1.807, 2.05) is 0 Å². The highest BCUT2D eigenvalue weighted by atomic mass is 32.2. The van der Waals surface area contributed by atoms with Crippen LogP contribution in [0.15, 0.2) is 82.1 Å². The standard InChI is InChI=1S/C22H15FN2O4S/c1-30(29,14-8-3-2-4-9-14)24-20(26)19-17(23)12-7-13-18(19)25-21(27)15-10-5-6-11-16(15)22(25)28/h2-13H,1H3. The number of carbonyl (C=O) groups excluding carboxylic acids is 3. The van der Waals surface area contributed by atoms with Crippen molar-refractivity contribution in [2.75, 3.05) is 11.2 Å². The SMILES string of the molecule is CS(=O)(=NC(=O)c1c(F)cccc1N1C(=O)c2ccccc2C1=O)c1ccccc1. The van der Waals surface area contributed by atoms with Crippen LogP contribution < -0.4 is 4.90 Å². The van der Waals surface area contributed by atoms with Gasteiger partial charge in [0.05, 0.1) is 26.5 Å². The Labute approximate surface area is 172 Å². The van der Waals surface area contributed by atoms with E-state index in [1.165, 1.54) is 30.5 Å². The Morgan fingerprint density at radius 3 is 2.03 bits per heavy atom. The number of hydrogen-bond donors (Lipinski definition) is 0. The second-order valence-electron chi connectivity index (χ2n) is 6.64.